The van der Waals surface area contributed by atoms with E-state index in [0.717, 1.165) is 12.5 Å². The largest absolute Gasteiger partial charge is 0.409 e. The molecule has 1 rings (SSSR count). The van der Waals surface area contributed by atoms with E-state index in [-0.39, 0.29) is 0 Å². The van der Waals surface area contributed by atoms with Gasteiger partial charge < -0.3 is 14.6 Å². The second-order valence-corrected chi connectivity index (χ2v) is 21.5. The van der Waals surface area contributed by atoms with Crippen molar-refractivity contribution in [3.8, 4) is 0 Å². The normalized spacial score (nSPS) is 36.8. The molecule has 96 valence electrons. The molecule has 3 nitrogen and oxygen atoms in total. The molecule has 1 heterocycles. The summed E-state index contributed by atoms with van der Waals surface area (Å²) in [4.78, 5) is 0. The molecule has 2 unspecified atom stereocenters. The van der Waals surface area contributed by atoms with Gasteiger partial charge in [-0.25, -0.2) is 0 Å². The van der Waals surface area contributed by atoms with Gasteiger partial charge in [0.25, 0.3) is 0 Å². The highest BCUT2D eigenvalue weighted by molar-refractivity contribution is 7.38. The van der Waals surface area contributed by atoms with Crippen LogP contribution in [0.5, 0.6) is 0 Å². The summed E-state index contributed by atoms with van der Waals surface area (Å²) in [7, 11) is -3.06. The first kappa shape index (κ1) is 14.4. The smallest absolute Gasteiger partial charge is 0.174 e. The Labute approximate surface area is 101 Å². The monoisotopic (exact) mass is 262 g/mol. The Balaban J connectivity index is 3.03. The lowest BCUT2D eigenvalue weighted by atomic mass is 9.89. The fourth-order valence-electron chi connectivity index (χ4n) is 2.41. The zero-order chi connectivity index (χ0) is 12.8. The summed E-state index contributed by atoms with van der Waals surface area (Å²) in [5.41, 5.74) is -0.724. The van der Waals surface area contributed by atoms with E-state index >= 15 is 0 Å². The molecule has 2 atom stereocenters. The predicted octanol–water partition coefficient (Wildman–Crippen LogP) is 1.90. The van der Waals surface area contributed by atoms with Crippen LogP contribution >= 0.6 is 0 Å². The van der Waals surface area contributed by atoms with Crippen LogP contribution in [0.2, 0.25) is 32.2 Å². The summed E-state index contributed by atoms with van der Waals surface area (Å²) >= 11 is 0. The SMILES string of the molecule is CC(O)C1(C(C)O)CC[Si](C)(C)[Si](C)(C)O1. The Morgan fingerprint density at radius 1 is 1.06 bits per heavy atom. The zero-order valence-electron chi connectivity index (χ0n) is 11.4. The Morgan fingerprint density at radius 2 is 1.50 bits per heavy atom. The molecule has 1 aliphatic heterocycles. The molecular weight excluding hydrogens is 236 g/mol. The van der Waals surface area contributed by atoms with E-state index in [4.69, 9.17) is 4.43 Å². The van der Waals surface area contributed by atoms with Gasteiger partial charge >= 0.3 is 0 Å². The van der Waals surface area contributed by atoms with Crippen molar-refractivity contribution in [2.24, 2.45) is 0 Å². The van der Waals surface area contributed by atoms with Crippen LogP contribution in [0.15, 0.2) is 0 Å². The third kappa shape index (κ3) is 2.15. The highest BCUT2D eigenvalue weighted by Gasteiger charge is 2.56. The third-order valence-electron chi connectivity index (χ3n) is 4.63. The molecular formula is C11H26O3Si2. The van der Waals surface area contributed by atoms with E-state index < -0.39 is 33.2 Å². The lowest BCUT2D eigenvalue weighted by molar-refractivity contribution is -0.124. The average molecular weight is 262 g/mol. The second-order valence-electron chi connectivity index (χ2n) is 6.30. The molecule has 0 aromatic rings. The van der Waals surface area contributed by atoms with Gasteiger partial charge in [0.1, 0.15) is 5.60 Å². The quantitative estimate of drug-likeness (QED) is 0.747. The first-order valence-corrected chi connectivity index (χ1v) is 13.2. The number of hydrogen-bond donors (Lipinski definition) is 2. The van der Waals surface area contributed by atoms with Crippen LogP contribution < -0.4 is 0 Å². The van der Waals surface area contributed by atoms with Crippen LogP contribution in [0.3, 0.4) is 0 Å². The summed E-state index contributed by atoms with van der Waals surface area (Å²) in [6.07, 6.45) is -0.424. The first-order chi connectivity index (χ1) is 7.05. The molecule has 0 spiro atoms. The van der Waals surface area contributed by atoms with Gasteiger partial charge in [-0.05, 0) is 33.4 Å². The molecule has 0 amide bonds. The van der Waals surface area contributed by atoms with E-state index in [1.165, 1.54) is 0 Å². The molecule has 0 saturated carbocycles. The number of aliphatic hydroxyl groups is 2. The molecule has 16 heavy (non-hydrogen) atoms. The van der Waals surface area contributed by atoms with E-state index in [1.54, 1.807) is 13.8 Å². The van der Waals surface area contributed by atoms with Crippen molar-refractivity contribution in [1.82, 2.24) is 0 Å². The van der Waals surface area contributed by atoms with E-state index in [9.17, 15) is 10.2 Å². The summed E-state index contributed by atoms with van der Waals surface area (Å²) in [5.74, 6) is 0. The minimum Gasteiger partial charge on any atom is -0.409 e. The fraction of sp³-hybridized carbons (Fsp3) is 1.00. The van der Waals surface area contributed by atoms with Gasteiger partial charge in [0.2, 0.25) is 0 Å². The predicted molar refractivity (Wildman–Crippen MR) is 71.6 cm³/mol. The zero-order valence-corrected chi connectivity index (χ0v) is 13.4. The highest BCUT2D eigenvalue weighted by Crippen LogP contribution is 2.42. The van der Waals surface area contributed by atoms with Crippen LogP contribution in [0, 0.1) is 0 Å². The van der Waals surface area contributed by atoms with E-state index in [2.05, 4.69) is 26.2 Å². The van der Waals surface area contributed by atoms with Crippen molar-refractivity contribution >= 4 is 15.4 Å². The van der Waals surface area contributed by atoms with Gasteiger partial charge in [-0.15, -0.1) is 0 Å². The van der Waals surface area contributed by atoms with Crippen LogP contribution in [0.4, 0.5) is 0 Å². The lowest BCUT2D eigenvalue weighted by Gasteiger charge is -2.54. The third-order valence-corrected chi connectivity index (χ3v) is 21.1. The molecule has 2 N–H and O–H groups in total. The molecule has 0 aliphatic carbocycles. The lowest BCUT2D eigenvalue weighted by Crippen LogP contribution is -2.70. The second kappa shape index (κ2) is 4.21. The summed E-state index contributed by atoms with van der Waals surface area (Å²) in [6.45, 7) is 12.7. The standard InChI is InChI=1S/C11H26O3Si2/c1-9(12)11(10(2)13)7-8-15(3,4)16(5,6)14-11/h9-10,12-13H,7-8H2,1-6H3. The minimum absolute atomic E-state index is 0.607. The van der Waals surface area contributed by atoms with Gasteiger partial charge in [-0.1, -0.05) is 19.1 Å². The van der Waals surface area contributed by atoms with Crippen LogP contribution in [-0.4, -0.2) is 43.4 Å². The number of aliphatic hydroxyl groups excluding tert-OH is 2. The Kier molecular flexibility index (Phi) is 3.78. The van der Waals surface area contributed by atoms with Gasteiger partial charge in [0.15, 0.2) is 7.83 Å². The Hall–Kier alpha value is 0.314. The molecule has 0 radical (unpaired) electrons. The van der Waals surface area contributed by atoms with Crippen LogP contribution in [0.1, 0.15) is 20.3 Å². The van der Waals surface area contributed by atoms with Crippen molar-refractivity contribution in [2.45, 2.75) is 70.3 Å². The molecule has 0 bridgehead atoms. The molecule has 5 heteroatoms. The summed E-state index contributed by atoms with van der Waals surface area (Å²) in [6, 6.07) is 1.14. The maximum Gasteiger partial charge on any atom is 0.174 e. The van der Waals surface area contributed by atoms with Crippen molar-refractivity contribution in [3.05, 3.63) is 0 Å². The number of rotatable bonds is 2. The molecule has 1 fully saturated rings. The van der Waals surface area contributed by atoms with Crippen molar-refractivity contribution < 1.29 is 14.6 Å². The van der Waals surface area contributed by atoms with Crippen molar-refractivity contribution in [2.75, 3.05) is 0 Å². The summed E-state index contributed by atoms with van der Waals surface area (Å²) < 4.78 is 6.30. The first-order valence-electron chi connectivity index (χ1n) is 6.11. The van der Waals surface area contributed by atoms with Gasteiger partial charge in [-0.2, -0.15) is 0 Å². The van der Waals surface area contributed by atoms with Crippen molar-refractivity contribution in [3.63, 3.8) is 0 Å². The maximum absolute atomic E-state index is 9.95. The van der Waals surface area contributed by atoms with E-state index in [1.807, 2.05) is 0 Å². The Bertz CT molecular complexity index is 254. The molecule has 1 saturated heterocycles. The van der Waals surface area contributed by atoms with E-state index in [0.29, 0.717) is 0 Å². The molecule has 0 aromatic carbocycles. The number of hydrogen-bond acceptors (Lipinski definition) is 3. The highest BCUT2D eigenvalue weighted by atomic mass is 29.3. The average Bonchev–Trinajstić information content (AvgIpc) is 2.09. The van der Waals surface area contributed by atoms with Gasteiger partial charge in [0, 0.05) is 0 Å². The van der Waals surface area contributed by atoms with Crippen LogP contribution in [0.25, 0.3) is 0 Å². The van der Waals surface area contributed by atoms with Crippen molar-refractivity contribution in [1.29, 1.82) is 0 Å². The molecule has 0 aromatic heterocycles. The van der Waals surface area contributed by atoms with Gasteiger partial charge in [0.05, 0.1) is 19.8 Å². The minimum atomic E-state index is -1.76. The van der Waals surface area contributed by atoms with Crippen LogP contribution in [-0.2, 0) is 4.43 Å². The Morgan fingerprint density at radius 3 is 1.81 bits per heavy atom. The molecule has 1 aliphatic rings. The van der Waals surface area contributed by atoms with Gasteiger partial charge in [-0.3, -0.25) is 0 Å². The summed E-state index contributed by atoms with van der Waals surface area (Å²) in [5, 5.41) is 19.9. The topological polar surface area (TPSA) is 49.7 Å². The fourth-order valence-corrected chi connectivity index (χ4v) is 9.28. The maximum atomic E-state index is 9.95.